The van der Waals surface area contributed by atoms with Crippen molar-refractivity contribution in [2.24, 2.45) is 0 Å². The number of methoxy groups -OCH3 is 1. The highest BCUT2D eigenvalue weighted by atomic mass is 35.5. The number of nitrogens with zero attached hydrogens (tertiary/aromatic N) is 4. The molecule has 1 N–H and O–H groups in total. The Bertz CT molecular complexity index is 761. The number of benzene rings is 1. The third kappa shape index (κ3) is 4.23. The van der Waals surface area contributed by atoms with E-state index >= 15 is 0 Å². The number of nitrogens with one attached hydrogen (secondary N) is 1. The summed E-state index contributed by atoms with van der Waals surface area (Å²) < 4.78 is 5.10. The minimum Gasteiger partial charge on any atom is -0.495 e. The van der Waals surface area contributed by atoms with Gasteiger partial charge >= 0.3 is 0 Å². The summed E-state index contributed by atoms with van der Waals surface area (Å²) in [6.07, 6.45) is 0. The molecule has 1 aromatic carbocycles. The highest BCUT2D eigenvalue weighted by molar-refractivity contribution is 6.32. The van der Waals surface area contributed by atoms with Gasteiger partial charge in [0.05, 0.1) is 12.1 Å². The molecule has 7 nitrogen and oxygen atoms in total. The number of hydrogen-bond donors (Lipinski definition) is 1. The van der Waals surface area contributed by atoms with Crippen LogP contribution in [-0.2, 0) is 0 Å². The normalized spacial score (nSPS) is 15.0. The van der Waals surface area contributed by atoms with E-state index in [1.54, 1.807) is 31.4 Å². The molecule has 8 heteroatoms. The molecule has 0 unspecified atom stereocenters. The lowest BCUT2D eigenvalue weighted by molar-refractivity contribution is 0.102. The Hall–Kier alpha value is -2.38. The smallest absolute Gasteiger partial charge is 0.276 e. The first-order valence-electron chi connectivity index (χ1n) is 8.56. The first kappa shape index (κ1) is 18.4. The Morgan fingerprint density at radius 2 is 1.96 bits per heavy atom. The number of carbonyl (C=O) groups excluding carboxylic acids is 1. The van der Waals surface area contributed by atoms with Crippen LogP contribution < -0.4 is 15.0 Å². The van der Waals surface area contributed by atoms with Gasteiger partial charge in [0.1, 0.15) is 5.75 Å². The van der Waals surface area contributed by atoms with Crippen LogP contribution >= 0.6 is 11.6 Å². The topological polar surface area (TPSA) is 70.6 Å². The SMILES string of the molecule is CCN1CCN(c2ccc(C(=O)Nc3ccc(OC)c(Cl)c3)nn2)CC1. The highest BCUT2D eigenvalue weighted by Gasteiger charge is 2.18. The summed E-state index contributed by atoms with van der Waals surface area (Å²) in [7, 11) is 1.54. The molecular weight excluding hydrogens is 354 g/mol. The van der Waals surface area contributed by atoms with E-state index in [-0.39, 0.29) is 11.6 Å². The number of piperazine rings is 1. The Morgan fingerprint density at radius 1 is 1.19 bits per heavy atom. The van der Waals surface area contributed by atoms with Gasteiger partial charge in [-0.05, 0) is 36.9 Å². The molecule has 1 saturated heterocycles. The molecule has 26 heavy (non-hydrogen) atoms. The van der Waals surface area contributed by atoms with Gasteiger partial charge in [-0.25, -0.2) is 0 Å². The monoisotopic (exact) mass is 375 g/mol. The zero-order valence-corrected chi connectivity index (χ0v) is 15.7. The van der Waals surface area contributed by atoms with Crippen LogP contribution in [0, 0.1) is 0 Å². The zero-order chi connectivity index (χ0) is 18.5. The first-order chi connectivity index (χ1) is 12.6. The largest absolute Gasteiger partial charge is 0.495 e. The fourth-order valence-electron chi connectivity index (χ4n) is 2.85. The van der Waals surface area contributed by atoms with E-state index < -0.39 is 0 Å². The molecule has 0 spiro atoms. The molecule has 1 aromatic heterocycles. The predicted molar refractivity (Wildman–Crippen MR) is 102 cm³/mol. The number of rotatable bonds is 5. The summed E-state index contributed by atoms with van der Waals surface area (Å²) in [4.78, 5) is 16.9. The van der Waals surface area contributed by atoms with Crippen molar-refractivity contribution < 1.29 is 9.53 Å². The van der Waals surface area contributed by atoms with E-state index in [1.165, 1.54) is 0 Å². The molecule has 2 aromatic rings. The molecule has 0 aliphatic carbocycles. The summed E-state index contributed by atoms with van der Waals surface area (Å²) >= 11 is 6.07. The van der Waals surface area contributed by atoms with Crippen molar-refractivity contribution in [1.29, 1.82) is 0 Å². The molecule has 1 aliphatic heterocycles. The minimum absolute atomic E-state index is 0.257. The quantitative estimate of drug-likeness (QED) is 0.866. The van der Waals surface area contributed by atoms with Crippen LogP contribution in [0.3, 0.4) is 0 Å². The number of likely N-dealkylation sites (N-methyl/N-ethyl adjacent to an activating group) is 1. The Labute approximate surface area is 157 Å². The van der Waals surface area contributed by atoms with Crippen molar-refractivity contribution in [3.05, 3.63) is 41.0 Å². The standard InChI is InChI=1S/C18H22ClN5O2/c1-3-23-8-10-24(11-9-23)17-7-5-15(21-22-17)18(25)20-13-4-6-16(26-2)14(19)12-13/h4-7,12H,3,8-11H2,1-2H3,(H,20,25). The van der Waals surface area contributed by atoms with Gasteiger partial charge in [0.2, 0.25) is 0 Å². The summed E-state index contributed by atoms with van der Waals surface area (Å²) in [5.41, 5.74) is 0.829. The van der Waals surface area contributed by atoms with Gasteiger partial charge in [-0.1, -0.05) is 18.5 Å². The first-order valence-corrected chi connectivity index (χ1v) is 8.94. The summed E-state index contributed by atoms with van der Waals surface area (Å²) in [5.74, 6) is 1.02. The maximum Gasteiger partial charge on any atom is 0.276 e. The van der Waals surface area contributed by atoms with Gasteiger partial charge in [-0.15, -0.1) is 10.2 Å². The second-order valence-corrected chi connectivity index (χ2v) is 6.41. The average molecular weight is 376 g/mol. The predicted octanol–water partition coefficient (Wildman–Crippen LogP) is 2.53. The van der Waals surface area contributed by atoms with Crippen molar-refractivity contribution in [2.45, 2.75) is 6.92 Å². The second kappa shape index (κ2) is 8.33. The lowest BCUT2D eigenvalue weighted by atomic mass is 10.2. The number of halogens is 1. The van der Waals surface area contributed by atoms with Crippen LogP contribution in [0.4, 0.5) is 11.5 Å². The van der Waals surface area contributed by atoms with Crippen molar-refractivity contribution >= 4 is 29.0 Å². The molecule has 1 amide bonds. The Balaban J connectivity index is 1.63. The number of carbonyl (C=O) groups is 1. The van der Waals surface area contributed by atoms with E-state index in [1.807, 2.05) is 6.07 Å². The molecular formula is C18H22ClN5O2. The number of ether oxygens (including phenoxy) is 1. The summed E-state index contributed by atoms with van der Waals surface area (Å²) in [6, 6.07) is 8.58. The van der Waals surface area contributed by atoms with Gasteiger partial charge < -0.3 is 19.9 Å². The number of amides is 1. The Kier molecular flexibility index (Phi) is 5.90. The average Bonchev–Trinajstić information content (AvgIpc) is 2.68. The van der Waals surface area contributed by atoms with E-state index in [2.05, 4.69) is 32.2 Å². The molecule has 0 bridgehead atoms. The molecule has 0 atom stereocenters. The van der Waals surface area contributed by atoms with Crippen molar-refractivity contribution in [3.8, 4) is 5.75 Å². The number of aromatic nitrogens is 2. The van der Waals surface area contributed by atoms with Gasteiger partial charge in [0.25, 0.3) is 5.91 Å². The van der Waals surface area contributed by atoms with Gasteiger partial charge in [0, 0.05) is 31.9 Å². The van der Waals surface area contributed by atoms with Gasteiger partial charge in [0.15, 0.2) is 11.5 Å². The van der Waals surface area contributed by atoms with Crippen LogP contribution in [0.25, 0.3) is 0 Å². The Morgan fingerprint density at radius 3 is 2.54 bits per heavy atom. The number of hydrogen-bond acceptors (Lipinski definition) is 6. The maximum absolute atomic E-state index is 12.3. The third-order valence-corrected chi connectivity index (χ3v) is 4.73. The van der Waals surface area contributed by atoms with E-state index in [0.717, 1.165) is 38.5 Å². The van der Waals surface area contributed by atoms with E-state index in [9.17, 15) is 4.79 Å². The fourth-order valence-corrected chi connectivity index (χ4v) is 3.11. The molecule has 1 aliphatic rings. The highest BCUT2D eigenvalue weighted by Crippen LogP contribution is 2.27. The molecule has 0 saturated carbocycles. The van der Waals surface area contributed by atoms with E-state index in [4.69, 9.17) is 16.3 Å². The fraction of sp³-hybridized carbons (Fsp3) is 0.389. The van der Waals surface area contributed by atoms with Crippen LogP contribution in [0.15, 0.2) is 30.3 Å². The molecule has 2 heterocycles. The minimum atomic E-state index is -0.332. The van der Waals surface area contributed by atoms with Crippen LogP contribution in [0.2, 0.25) is 5.02 Å². The van der Waals surface area contributed by atoms with Crippen LogP contribution in [0.1, 0.15) is 17.4 Å². The second-order valence-electron chi connectivity index (χ2n) is 6.00. The zero-order valence-electron chi connectivity index (χ0n) is 14.9. The van der Waals surface area contributed by atoms with Crippen molar-refractivity contribution in [3.63, 3.8) is 0 Å². The molecule has 0 radical (unpaired) electrons. The third-order valence-electron chi connectivity index (χ3n) is 4.44. The summed E-state index contributed by atoms with van der Waals surface area (Å²) in [5, 5.41) is 11.5. The maximum atomic E-state index is 12.3. The lowest BCUT2D eigenvalue weighted by Crippen LogP contribution is -2.46. The van der Waals surface area contributed by atoms with Gasteiger partial charge in [-0.3, -0.25) is 4.79 Å². The van der Waals surface area contributed by atoms with Crippen LogP contribution in [0.5, 0.6) is 5.75 Å². The molecule has 3 rings (SSSR count). The van der Waals surface area contributed by atoms with E-state index in [0.29, 0.717) is 16.5 Å². The van der Waals surface area contributed by atoms with Gasteiger partial charge in [-0.2, -0.15) is 0 Å². The van der Waals surface area contributed by atoms with Crippen molar-refractivity contribution in [1.82, 2.24) is 15.1 Å². The number of anilines is 2. The molecule has 138 valence electrons. The van der Waals surface area contributed by atoms with Crippen molar-refractivity contribution in [2.75, 3.05) is 50.1 Å². The summed E-state index contributed by atoms with van der Waals surface area (Å²) in [6.45, 7) is 7.08. The molecule has 1 fully saturated rings. The lowest BCUT2D eigenvalue weighted by Gasteiger charge is -2.34. The van der Waals surface area contributed by atoms with Crippen LogP contribution in [-0.4, -0.2) is 60.8 Å².